The second-order valence-electron chi connectivity index (χ2n) is 4.04. The molecule has 16 heavy (non-hydrogen) atoms. The Morgan fingerprint density at radius 2 is 2.25 bits per heavy atom. The van der Waals surface area contributed by atoms with E-state index in [9.17, 15) is 4.79 Å². The van der Waals surface area contributed by atoms with E-state index in [1.807, 2.05) is 31.2 Å². The Morgan fingerprint density at radius 3 is 2.88 bits per heavy atom. The number of hydrogen-bond acceptors (Lipinski definition) is 1. The minimum atomic E-state index is 0.0872. The first-order valence-corrected chi connectivity index (χ1v) is 6.03. The number of rotatable bonds is 5. The molecule has 1 aromatic rings. The van der Waals surface area contributed by atoms with Crippen molar-refractivity contribution in [1.82, 2.24) is 5.32 Å². The van der Waals surface area contributed by atoms with E-state index in [2.05, 4.69) is 12.2 Å². The van der Waals surface area contributed by atoms with Crippen molar-refractivity contribution in [3.05, 3.63) is 34.9 Å². The van der Waals surface area contributed by atoms with Gasteiger partial charge < -0.3 is 5.32 Å². The molecule has 0 bridgehead atoms. The highest BCUT2D eigenvalue weighted by atomic mass is 35.5. The van der Waals surface area contributed by atoms with Gasteiger partial charge in [0.25, 0.3) is 0 Å². The van der Waals surface area contributed by atoms with E-state index in [1.54, 1.807) is 0 Å². The zero-order chi connectivity index (χ0) is 12.0. The van der Waals surface area contributed by atoms with Gasteiger partial charge in [0, 0.05) is 17.5 Å². The number of carbonyl (C=O) groups is 1. The van der Waals surface area contributed by atoms with Crippen molar-refractivity contribution in [3.63, 3.8) is 0 Å². The lowest BCUT2D eigenvalue weighted by molar-refractivity contribution is -0.124. The minimum Gasteiger partial charge on any atom is -0.352 e. The Bertz CT molecular complexity index is 352. The Kier molecular flexibility index (Phi) is 5.33. The van der Waals surface area contributed by atoms with Crippen LogP contribution >= 0.6 is 11.6 Å². The zero-order valence-corrected chi connectivity index (χ0v) is 10.6. The van der Waals surface area contributed by atoms with Gasteiger partial charge in [0.1, 0.15) is 0 Å². The molecule has 1 aromatic carbocycles. The van der Waals surface area contributed by atoms with Gasteiger partial charge in [0.05, 0.1) is 0 Å². The molecule has 1 rings (SSSR count). The van der Waals surface area contributed by atoms with Crippen molar-refractivity contribution >= 4 is 17.5 Å². The predicted molar refractivity (Wildman–Crippen MR) is 67.4 cm³/mol. The average molecular weight is 240 g/mol. The van der Waals surface area contributed by atoms with Crippen LogP contribution in [-0.4, -0.2) is 5.91 Å². The third-order valence-electron chi connectivity index (χ3n) is 2.53. The number of amides is 1. The summed E-state index contributed by atoms with van der Waals surface area (Å²) in [6, 6.07) is 7.54. The van der Waals surface area contributed by atoms with Crippen LogP contribution in [0.15, 0.2) is 24.3 Å². The van der Waals surface area contributed by atoms with E-state index in [1.165, 1.54) is 0 Å². The van der Waals surface area contributed by atoms with Gasteiger partial charge >= 0.3 is 0 Å². The molecule has 0 aromatic heterocycles. The van der Waals surface area contributed by atoms with Gasteiger partial charge in [0.15, 0.2) is 0 Å². The number of benzene rings is 1. The molecule has 0 aliphatic rings. The molecule has 0 spiro atoms. The standard InChI is InChI=1S/C13H18ClNO/c1-3-5-10(2)13(16)15-9-11-6-4-7-12(14)8-11/h4,6-8,10H,3,5,9H2,1-2H3,(H,15,16). The van der Waals surface area contributed by atoms with E-state index < -0.39 is 0 Å². The Hall–Kier alpha value is -1.02. The molecular formula is C13H18ClNO. The third kappa shape index (κ3) is 4.23. The zero-order valence-electron chi connectivity index (χ0n) is 9.79. The van der Waals surface area contributed by atoms with Crippen LogP contribution in [0.25, 0.3) is 0 Å². The fraction of sp³-hybridized carbons (Fsp3) is 0.462. The van der Waals surface area contributed by atoms with Gasteiger partial charge in [-0.15, -0.1) is 0 Å². The molecule has 0 saturated heterocycles. The summed E-state index contributed by atoms with van der Waals surface area (Å²) in [6.45, 7) is 4.59. The summed E-state index contributed by atoms with van der Waals surface area (Å²) in [5.41, 5.74) is 1.03. The van der Waals surface area contributed by atoms with Crippen molar-refractivity contribution in [2.75, 3.05) is 0 Å². The van der Waals surface area contributed by atoms with Gasteiger partial charge in [-0.05, 0) is 24.1 Å². The molecule has 88 valence electrons. The lowest BCUT2D eigenvalue weighted by Crippen LogP contribution is -2.28. The second kappa shape index (κ2) is 6.54. The molecule has 0 aliphatic heterocycles. The van der Waals surface area contributed by atoms with Crippen LogP contribution in [0.1, 0.15) is 32.3 Å². The highest BCUT2D eigenvalue weighted by molar-refractivity contribution is 6.30. The van der Waals surface area contributed by atoms with Gasteiger partial charge in [-0.2, -0.15) is 0 Å². The highest BCUT2D eigenvalue weighted by Crippen LogP contribution is 2.11. The highest BCUT2D eigenvalue weighted by Gasteiger charge is 2.10. The maximum Gasteiger partial charge on any atom is 0.223 e. The summed E-state index contributed by atoms with van der Waals surface area (Å²) in [4.78, 5) is 11.6. The van der Waals surface area contributed by atoms with Gasteiger partial charge in [-0.25, -0.2) is 0 Å². The normalized spacial score (nSPS) is 12.2. The summed E-state index contributed by atoms with van der Waals surface area (Å²) in [6.07, 6.45) is 1.97. The lowest BCUT2D eigenvalue weighted by atomic mass is 10.1. The smallest absolute Gasteiger partial charge is 0.223 e. The Labute approximate surface area is 102 Å². The van der Waals surface area contributed by atoms with Crippen molar-refractivity contribution in [1.29, 1.82) is 0 Å². The van der Waals surface area contributed by atoms with Gasteiger partial charge in [0.2, 0.25) is 5.91 Å². The minimum absolute atomic E-state index is 0.0872. The number of halogens is 1. The SMILES string of the molecule is CCCC(C)C(=O)NCc1cccc(Cl)c1. The molecule has 0 fully saturated rings. The summed E-state index contributed by atoms with van der Waals surface area (Å²) in [5.74, 6) is 0.200. The first-order valence-electron chi connectivity index (χ1n) is 5.65. The predicted octanol–water partition coefficient (Wildman–Crippen LogP) is 3.39. The molecule has 0 radical (unpaired) electrons. The quantitative estimate of drug-likeness (QED) is 0.839. The first-order chi connectivity index (χ1) is 7.63. The van der Waals surface area contributed by atoms with Crippen LogP contribution in [0.2, 0.25) is 5.02 Å². The maximum absolute atomic E-state index is 11.6. The molecule has 0 saturated carbocycles. The first kappa shape index (κ1) is 13.0. The van der Waals surface area contributed by atoms with E-state index >= 15 is 0 Å². The van der Waals surface area contributed by atoms with Crippen molar-refractivity contribution in [2.24, 2.45) is 5.92 Å². The lowest BCUT2D eigenvalue weighted by Gasteiger charge is -2.11. The fourth-order valence-corrected chi connectivity index (χ4v) is 1.79. The molecule has 2 nitrogen and oxygen atoms in total. The van der Waals surface area contributed by atoms with E-state index in [0.717, 1.165) is 18.4 Å². The number of nitrogens with one attached hydrogen (secondary N) is 1. The fourth-order valence-electron chi connectivity index (χ4n) is 1.57. The molecule has 1 N–H and O–H groups in total. The van der Waals surface area contributed by atoms with Gasteiger partial charge in [-0.3, -0.25) is 4.79 Å². The van der Waals surface area contributed by atoms with Crippen LogP contribution < -0.4 is 5.32 Å². The van der Waals surface area contributed by atoms with Crippen LogP contribution in [0.3, 0.4) is 0 Å². The molecule has 0 aliphatic carbocycles. The van der Waals surface area contributed by atoms with Crippen LogP contribution in [0.5, 0.6) is 0 Å². The monoisotopic (exact) mass is 239 g/mol. The molecule has 1 amide bonds. The van der Waals surface area contributed by atoms with E-state index in [-0.39, 0.29) is 11.8 Å². The molecule has 1 atom stereocenters. The van der Waals surface area contributed by atoms with E-state index in [0.29, 0.717) is 11.6 Å². The largest absolute Gasteiger partial charge is 0.352 e. The second-order valence-corrected chi connectivity index (χ2v) is 4.47. The number of hydrogen-bond donors (Lipinski definition) is 1. The van der Waals surface area contributed by atoms with Crippen molar-refractivity contribution in [3.8, 4) is 0 Å². The average Bonchev–Trinajstić information content (AvgIpc) is 2.26. The van der Waals surface area contributed by atoms with Crippen LogP contribution in [0.4, 0.5) is 0 Å². The molecule has 1 unspecified atom stereocenters. The maximum atomic E-state index is 11.6. The summed E-state index contributed by atoms with van der Waals surface area (Å²) < 4.78 is 0. The topological polar surface area (TPSA) is 29.1 Å². The van der Waals surface area contributed by atoms with Crippen LogP contribution in [0, 0.1) is 5.92 Å². The molecular weight excluding hydrogens is 222 g/mol. The van der Waals surface area contributed by atoms with Crippen LogP contribution in [-0.2, 0) is 11.3 Å². The molecule has 3 heteroatoms. The summed E-state index contributed by atoms with van der Waals surface area (Å²) >= 11 is 5.86. The van der Waals surface area contributed by atoms with E-state index in [4.69, 9.17) is 11.6 Å². The van der Waals surface area contributed by atoms with Gasteiger partial charge in [-0.1, -0.05) is 44.0 Å². The molecule has 0 heterocycles. The third-order valence-corrected chi connectivity index (χ3v) is 2.76. The Balaban J connectivity index is 2.42. The Morgan fingerprint density at radius 1 is 1.50 bits per heavy atom. The summed E-state index contributed by atoms with van der Waals surface area (Å²) in [7, 11) is 0. The van der Waals surface area contributed by atoms with Crippen molar-refractivity contribution in [2.45, 2.75) is 33.2 Å². The summed E-state index contributed by atoms with van der Waals surface area (Å²) in [5, 5.41) is 3.62. The number of carbonyl (C=O) groups excluding carboxylic acids is 1. The van der Waals surface area contributed by atoms with Crippen molar-refractivity contribution < 1.29 is 4.79 Å².